The van der Waals surface area contributed by atoms with Crippen LogP contribution in [0.15, 0.2) is 36.4 Å². The summed E-state index contributed by atoms with van der Waals surface area (Å²) >= 11 is 0. The maximum Gasteiger partial charge on any atom is 0.221 e. The third kappa shape index (κ3) is 1.98. The van der Waals surface area contributed by atoms with Gasteiger partial charge in [-0.15, -0.1) is 0 Å². The summed E-state index contributed by atoms with van der Waals surface area (Å²) in [5.74, 6) is -0.195. The molecule has 16 heavy (non-hydrogen) atoms. The average molecular weight is 218 g/mol. The summed E-state index contributed by atoms with van der Waals surface area (Å²) in [6.07, 6.45) is 0.106. The first kappa shape index (κ1) is 7.28. The molecule has 0 aliphatic rings. The van der Waals surface area contributed by atoms with Gasteiger partial charge in [-0.25, -0.2) is 0 Å². The molecule has 0 aliphatic heterocycles. The summed E-state index contributed by atoms with van der Waals surface area (Å²) in [6, 6.07) is 10.4. The number of fused-ring (bicyclic) bond motifs is 1. The van der Waals surface area contributed by atoms with E-state index in [1.54, 1.807) is 24.3 Å². The predicted octanol–water partition coefficient (Wildman–Crippen LogP) is 1.88. The van der Waals surface area contributed by atoms with Gasteiger partial charge >= 0.3 is 0 Å². The summed E-state index contributed by atoms with van der Waals surface area (Å²) in [5, 5.41) is 1.67. The second-order valence-corrected chi connectivity index (χ2v) is 3.55. The molecule has 3 nitrogen and oxygen atoms in total. The maximum atomic E-state index is 11.0. The van der Waals surface area contributed by atoms with E-state index < -0.39 is 12.9 Å². The van der Waals surface area contributed by atoms with Crippen LogP contribution in [0, 0.1) is 0 Å². The lowest BCUT2D eigenvalue weighted by atomic mass is 10.0. The Balaban J connectivity index is 2.47. The Labute approximate surface area is 98.0 Å². The summed E-state index contributed by atoms with van der Waals surface area (Å²) < 4.78 is 26.1. The van der Waals surface area contributed by atoms with Crippen LogP contribution < -0.4 is 10.5 Å². The van der Waals surface area contributed by atoms with Crippen molar-refractivity contribution in [3.05, 3.63) is 42.0 Å². The van der Waals surface area contributed by atoms with Crippen molar-refractivity contribution in [2.24, 2.45) is 5.73 Å². The van der Waals surface area contributed by atoms with Crippen LogP contribution in [0.25, 0.3) is 10.8 Å². The standard InChI is InChI=1S/C13H13NO2/c1-16-11-6-5-9-3-2-4-10(7-13(14)15)12(9)8-11/h2-6,8H,7H2,1H3,(H2,14,15)/i1D3. The zero-order valence-electron chi connectivity index (χ0n) is 11.6. The van der Waals surface area contributed by atoms with Crippen LogP contribution in [0.4, 0.5) is 0 Å². The number of carbonyl (C=O) groups excluding carboxylic acids is 1. The fraction of sp³-hybridized carbons (Fsp3) is 0.154. The summed E-state index contributed by atoms with van der Waals surface area (Å²) in [4.78, 5) is 11.0. The highest BCUT2D eigenvalue weighted by atomic mass is 16.5. The van der Waals surface area contributed by atoms with Crippen molar-refractivity contribution < 1.29 is 13.6 Å². The number of methoxy groups -OCH3 is 1. The molecule has 0 atom stereocenters. The fourth-order valence-corrected chi connectivity index (χ4v) is 1.72. The number of nitrogens with two attached hydrogens (primary N) is 1. The van der Waals surface area contributed by atoms with Crippen molar-refractivity contribution in [1.29, 1.82) is 0 Å². The zero-order valence-corrected chi connectivity index (χ0v) is 8.57. The molecule has 0 heterocycles. The smallest absolute Gasteiger partial charge is 0.221 e. The van der Waals surface area contributed by atoms with E-state index in [2.05, 4.69) is 0 Å². The van der Waals surface area contributed by atoms with E-state index >= 15 is 0 Å². The summed E-state index contributed by atoms with van der Waals surface area (Å²) in [7, 11) is -2.49. The monoisotopic (exact) mass is 218 g/mol. The molecule has 0 saturated heterocycles. The molecule has 0 unspecified atom stereocenters. The second-order valence-electron chi connectivity index (χ2n) is 3.55. The minimum Gasteiger partial charge on any atom is -0.497 e. The largest absolute Gasteiger partial charge is 0.497 e. The Hall–Kier alpha value is -2.03. The van der Waals surface area contributed by atoms with Crippen LogP contribution in [0.3, 0.4) is 0 Å². The van der Waals surface area contributed by atoms with Gasteiger partial charge < -0.3 is 10.5 Å². The normalized spacial score (nSPS) is 13.9. The number of amides is 1. The van der Waals surface area contributed by atoms with Gasteiger partial charge in [-0.1, -0.05) is 24.3 Å². The van der Waals surface area contributed by atoms with Crippen molar-refractivity contribution in [2.45, 2.75) is 6.42 Å². The first-order valence-electron chi connectivity index (χ1n) is 6.34. The van der Waals surface area contributed by atoms with Crippen LogP contribution in [0.1, 0.15) is 9.68 Å². The highest BCUT2D eigenvalue weighted by Gasteiger charge is 2.04. The Morgan fingerprint density at radius 2 is 2.31 bits per heavy atom. The van der Waals surface area contributed by atoms with Crippen molar-refractivity contribution in [3.8, 4) is 5.75 Å². The van der Waals surface area contributed by atoms with Crippen molar-refractivity contribution in [3.63, 3.8) is 0 Å². The molecule has 2 aromatic carbocycles. The van der Waals surface area contributed by atoms with E-state index in [0.29, 0.717) is 0 Å². The van der Waals surface area contributed by atoms with Gasteiger partial charge in [0.15, 0.2) is 0 Å². The first-order valence-corrected chi connectivity index (χ1v) is 4.84. The van der Waals surface area contributed by atoms with Gasteiger partial charge in [-0.3, -0.25) is 4.79 Å². The van der Waals surface area contributed by atoms with Crippen molar-refractivity contribution >= 4 is 16.7 Å². The van der Waals surface area contributed by atoms with Crippen molar-refractivity contribution in [2.75, 3.05) is 7.04 Å². The lowest BCUT2D eigenvalue weighted by molar-refractivity contribution is -0.117. The summed E-state index contributed by atoms with van der Waals surface area (Å²) in [5.41, 5.74) is 5.95. The van der Waals surface area contributed by atoms with E-state index in [-0.39, 0.29) is 12.2 Å². The molecule has 2 rings (SSSR count). The highest BCUT2D eigenvalue weighted by molar-refractivity contribution is 5.90. The van der Waals surface area contributed by atoms with Crippen LogP contribution in [-0.4, -0.2) is 12.9 Å². The lowest BCUT2D eigenvalue weighted by Crippen LogP contribution is -2.13. The molecular weight excluding hydrogens is 202 g/mol. The number of hydrogen-bond donors (Lipinski definition) is 1. The third-order valence-electron chi connectivity index (χ3n) is 2.43. The molecule has 3 heteroatoms. The molecule has 2 N–H and O–H groups in total. The molecular formula is C13H13NO2. The van der Waals surface area contributed by atoms with Crippen LogP contribution >= 0.6 is 0 Å². The quantitative estimate of drug-likeness (QED) is 0.855. The average Bonchev–Trinajstić information content (AvgIpc) is 2.27. The predicted molar refractivity (Wildman–Crippen MR) is 63.4 cm³/mol. The van der Waals surface area contributed by atoms with E-state index in [4.69, 9.17) is 14.6 Å². The maximum absolute atomic E-state index is 11.0. The van der Waals surface area contributed by atoms with Gasteiger partial charge in [-0.2, -0.15) is 0 Å². The van der Waals surface area contributed by atoms with Gasteiger partial charge in [0, 0.05) is 0 Å². The molecule has 0 spiro atoms. The van der Waals surface area contributed by atoms with Crippen LogP contribution in [-0.2, 0) is 11.2 Å². The number of rotatable bonds is 3. The number of primary amides is 1. The fourth-order valence-electron chi connectivity index (χ4n) is 1.72. The molecule has 0 radical (unpaired) electrons. The second kappa shape index (κ2) is 4.23. The Morgan fingerprint density at radius 3 is 3.06 bits per heavy atom. The van der Waals surface area contributed by atoms with Gasteiger partial charge in [0.25, 0.3) is 0 Å². The van der Waals surface area contributed by atoms with Gasteiger partial charge in [-0.05, 0) is 28.5 Å². The van der Waals surface area contributed by atoms with E-state index in [1.807, 2.05) is 12.1 Å². The Bertz CT molecular complexity index is 623. The first-order chi connectivity index (χ1) is 8.85. The molecule has 0 fully saturated rings. The van der Waals surface area contributed by atoms with Gasteiger partial charge in [0.2, 0.25) is 5.91 Å². The van der Waals surface area contributed by atoms with E-state index in [9.17, 15) is 4.79 Å². The summed E-state index contributed by atoms with van der Waals surface area (Å²) in [6.45, 7) is 0. The van der Waals surface area contributed by atoms with Gasteiger partial charge in [0.1, 0.15) is 5.75 Å². The van der Waals surface area contributed by atoms with Crippen LogP contribution in [0.5, 0.6) is 5.75 Å². The molecule has 0 aromatic heterocycles. The Kier molecular flexibility index (Phi) is 1.92. The zero-order chi connectivity index (χ0) is 14.0. The number of carbonyl (C=O) groups is 1. The number of ether oxygens (including phenoxy) is 1. The molecule has 2 aromatic rings. The van der Waals surface area contributed by atoms with Crippen LogP contribution in [0.2, 0.25) is 0 Å². The molecule has 0 saturated carbocycles. The number of hydrogen-bond acceptors (Lipinski definition) is 2. The molecule has 0 aliphatic carbocycles. The molecule has 0 bridgehead atoms. The highest BCUT2D eigenvalue weighted by Crippen LogP contribution is 2.24. The van der Waals surface area contributed by atoms with E-state index in [1.165, 1.54) is 0 Å². The lowest BCUT2D eigenvalue weighted by Gasteiger charge is -2.06. The third-order valence-corrected chi connectivity index (χ3v) is 2.43. The molecule has 1 amide bonds. The number of benzene rings is 2. The minimum absolute atomic E-state index is 0.106. The SMILES string of the molecule is [2H]C([2H])([2H])Oc1ccc2cccc(CC(N)=O)c2c1. The van der Waals surface area contributed by atoms with Gasteiger partial charge in [0.05, 0.1) is 17.6 Å². The van der Waals surface area contributed by atoms with Crippen molar-refractivity contribution in [1.82, 2.24) is 0 Å². The van der Waals surface area contributed by atoms with E-state index in [0.717, 1.165) is 16.3 Å². The molecule has 82 valence electrons. The Morgan fingerprint density at radius 1 is 1.44 bits per heavy atom. The topological polar surface area (TPSA) is 52.3 Å². The minimum atomic E-state index is -2.49.